The van der Waals surface area contributed by atoms with Gasteiger partial charge in [-0.15, -0.1) is 0 Å². The topological polar surface area (TPSA) is 697 Å². The van der Waals surface area contributed by atoms with Crippen LogP contribution >= 0.6 is 0 Å². The van der Waals surface area contributed by atoms with Crippen LogP contribution in [0.4, 0.5) is 0 Å². The van der Waals surface area contributed by atoms with Crippen molar-refractivity contribution in [2.75, 3.05) is 0 Å². The van der Waals surface area contributed by atoms with Gasteiger partial charge in [0.15, 0.2) is 0 Å². The van der Waals surface area contributed by atoms with Gasteiger partial charge < -0.3 is 41.0 Å². The Balaban J connectivity index is -0.0000000165. The summed E-state index contributed by atoms with van der Waals surface area (Å²) in [6.07, 6.45) is 0. The Kier molecular flexibility index (Phi) is 153. The fourth-order valence-electron chi connectivity index (χ4n) is 0. The molecule has 9 N–H and O–H groups in total. The Hall–Kier alpha value is 17.3. The molecule has 0 atom stereocenters. The first-order chi connectivity index (χ1) is 18.0. The minimum Gasteiger partial charge on any atom is -0.759 e. The van der Waals surface area contributed by atoms with E-state index in [1.165, 1.54) is 0 Å². The molecule has 0 aliphatic rings. The molecular formula is H9Cs9O36S9. The zero-order valence-corrected chi connectivity index (χ0v) is 91.6. The van der Waals surface area contributed by atoms with E-state index in [0.29, 0.717) is 0 Å². The molecule has 0 saturated heterocycles. The maximum absolute atomic E-state index is 8.74. The van der Waals surface area contributed by atoms with Crippen LogP contribution in [0.2, 0.25) is 0 Å². The standard InChI is InChI=1S/9Cs.9H2O4S/c;;;;;;;;;9*1-5(2,3)4/h;;;;;;;;;9*(H2,1,2,3,4)/q9*+1;;;;;;;;;/p-9. The molecule has 54 heteroatoms. The molecule has 0 aromatic carbocycles. The Morgan fingerprint density at radius 3 is 0.204 bits per heavy atom. The molecule has 0 heterocycles. The molecule has 0 bridgehead atoms. The number of hydrogen-bond donors (Lipinski definition) is 9. The average Bonchev–Trinajstić information content (AvgIpc) is 2.26. The first-order valence-corrected chi connectivity index (χ1v) is 18.4. The Bertz CT molecular complexity index is 1240. The van der Waals surface area contributed by atoms with E-state index in [1.54, 1.807) is 0 Å². The van der Waals surface area contributed by atoms with Crippen molar-refractivity contribution < 1.29 is 778 Å². The minimum absolute atomic E-state index is 0. The molecule has 0 aromatic heterocycles. The van der Waals surface area contributed by atoms with Crippen molar-refractivity contribution in [1.29, 1.82) is 0 Å². The van der Waals surface area contributed by atoms with Gasteiger partial charge in [0.25, 0.3) is 0 Å². The van der Waals surface area contributed by atoms with Crippen LogP contribution in [-0.4, -0.2) is 158 Å². The van der Waals surface area contributed by atoms with Crippen LogP contribution in [0.3, 0.4) is 0 Å². The molecule has 0 aliphatic carbocycles. The van der Waals surface area contributed by atoms with Crippen LogP contribution in [0.5, 0.6) is 0 Å². The van der Waals surface area contributed by atoms with Crippen LogP contribution in [-0.2, 0) is 93.6 Å². The second kappa shape index (κ2) is 66.4. The van der Waals surface area contributed by atoms with Crippen molar-refractivity contribution in [2.45, 2.75) is 0 Å². The van der Waals surface area contributed by atoms with Gasteiger partial charge in [-0.3, -0.25) is 74.6 Å². The number of rotatable bonds is 0. The third-order valence-corrected chi connectivity index (χ3v) is 0. The molecule has 0 unspecified atom stereocenters. The van der Waals surface area contributed by atoms with Crippen LogP contribution in [0, 0.1) is 0 Å². The van der Waals surface area contributed by atoms with Gasteiger partial charge in [0.1, 0.15) is 0 Å². The van der Waals surface area contributed by atoms with E-state index >= 15 is 0 Å². The maximum atomic E-state index is 8.74. The van der Waals surface area contributed by atoms with Gasteiger partial charge in [-0.05, 0) is 0 Å². The monoisotopic (exact) mass is 2070 g/mol. The SMILES string of the molecule is O=S(=O)(O)O.O=S(=O)(O)O.O=S(=O)(O)O.O=S(=O)(O)O.O=S(=O)([O-])O.O=S(=O)([O-])[O-].O=S(=O)([O-])[O-].O=S(=O)([O-])[O-].O=S(=O)([O-])[O-].[Cs+].[Cs+].[Cs+].[Cs+].[Cs+].[Cs+].[Cs+].[Cs+].[Cs+]. The van der Waals surface area contributed by atoms with E-state index in [1.807, 2.05) is 0 Å². The molecule has 0 amide bonds. The van der Waals surface area contributed by atoms with Gasteiger partial charge in [0, 0.05) is 41.6 Å². The summed E-state index contributed by atoms with van der Waals surface area (Å²) in [6, 6.07) is 0. The van der Waals surface area contributed by atoms with Crippen molar-refractivity contribution in [3.8, 4) is 0 Å². The van der Waals surface area contributed by atoms with Crippen LogP contribution in [0.25, 0.3) is 0 Å². The van der Waals surface area contributed by atoms with E-state index in [9.17, 15) is 0 Å². The molecule has 288 valence electrons. The molecule has 36 nitrogen and oxygen atoms in total. The Labute approximate surface area is 838 Å². The molecular weight excluding hydrogens is 2060 g/mol. The largest absolute Gasteiger partial charge is 1.00 e. The van der Waals surface area contributed by atoms with E-state index in [2.05, 4.69) is 0 Å². The Morgan fingerprint density at radius 2 is 0.204 bits per heavy atom. The first kappa shape index (κ1) is 124. The van der Waals surface area contributed by atoms with E-state index in [0.717, 1.165) is 0 Å². The van der Waals surface area contributed by atoms with Crippen molar-refractivity contribution in [3.05, 3.63) is 0 Å². The third-order valence-electron chi connectivity index (χ3n) is 0. The number of hydrogen-bond acceptors (Lipinski definition) is 27. The van der Waals surface area contributed by atoms with Gasteiger partial charge in [-0.2, -0.15) is 33.7 Å². The molecule has 54 heavy (non-hydrogen) atoms. The van der Waals surface area contributed by atoms with E-state index in [4.69, 9.17) is 158 Å². The smallest absolute Gasteiger partial charge is 0.759 e. The predicted molar refractivity (Wildman–Crippen MR) is 111 cm³/mol. The summed E-state index contributed by atoms with van der Waals surface area (Å²) >= 11 is 0. The molecule has 0 rings (SSSR count). The fraction of sp³-hybridized carbons (Fsp3) is 0. The molecule has 0 aromatic rings. The second-order valence-corrected chi connectivity index (χ2v) is 11.6. The maximum Gasteiger partial charge on any atom is 1.00 e. The average molecular weight is 2070 g/mol. The van der Waals surface area contributed by atoms with Crippen molar-refractivity contribution in [2.24, 2.45) is 0 Å². The van der Waals surface area contributed by atoms with Crippen LogP contribution in [0.1, 0.15) is 0 Å². The second-order valence-electron chi connectivity index (χ2n) is 3.85. The van der Waals surface area contributed by atoms with Crippen molar-refractivity contribution in [1.82, 2.24) is 0 Å². The normalized spacial score (nSPS) is 9.67. The van der Waals surface area contributed by atoms with Gasteiger partial charge in [0.2, 0.25) is 10.4 Å². The van der Waals surface area contributed by atoms with Gasteiger partial charge in [0.05, 0.1) is 0 Å². The molecule has 0 fully saturated rings. The Morgan fingerprint density at radius 1 is 0.204 bits per heavy atom. The molecule has 0 spiro atoms. The van der Waals surface area contributed by atoms with Crippen LogP contribution < -0.4 is 620 Å². The predicted octanol–water partition coefficient (Wildman–Crippen LogP) is -35.9. The summed E-state index contributed by atoms with van der Waals surface area (Å²) in [5.41, 5.74) is 0. The fourth-order valence-corrected chi connectivity index (χ4v) is 0. The first-order valence-electron chi connectivity index (χ1n) is 6.14. The summed E-state index contributed by atoms with van der Waals surface area (Å²) in [5.74, 6) is 0. The minimum atomic E-state index is -5.17. The molecule has 0 saturated carbocycles. The zero-order valence-electron chi connectivity index (χ0n) is 27.7. The molecule has 0 radical (unpaired) electrons. The van der Waals surface area contributed by atoms with Crippen molar-refractivity contribution >= 4 is 93.6 Å². The van der Waals surface area contributed by atoms with Crippen molar-refractivity contribution in [3.63, 3.8) is 0 Å². The zero-order chi connectivity index (χ0) is 40.5. The van der Waals surface area contributed by atoms with Gasteiger partial charge in [-0.1, -0.05) is 0 Å². The third kappa shape index (κ3) is 1080. The quantitative estimate of drug-likeness (QED) is 0.0803. The molecule has 0 aliphatic heterocycles. The van der Waals surface area contributed by atoms with Gasteiger partial charge >= 0.3 is 662 Å². The summed E-state index contributed by atoms with van der Waals surface area (Å²) in [6.45, 7) is 0. The summed E-state index contributed by atoms with van der Waals surface area (Å²) in [5, 5.41) is 0. The summed E-state index contributed by atoms with van der Waals surface area (Å²) in [4.78, 5) is 0. The van der Waals surface area contributed by atoms with E-state index in [-0.39, 0.29) is 620 Å². The van der Waals surface area contributed by atoms with Gasteiger partial charge in [-0.25, -0.2) is 8.42 Å². The summed E-state index contributed by atoms with van der Waals surface area (Å²) < 4.78 is 296. The van der Waals surface area contributed by atoms with E-state index < -0.39 is 93.6 Å². The summed E-state index contributed by atoms with van der Waals surface area (Å²) in [7, 11) is -44.2. The van der Waals surface area contributed by atoms with Crippen LogP contribution in [0.15, 0.2) is 0 Å².